The number of ether oxygens (including phenoxy) is 1. The van der Waals surface area contributed by atoms with Crippen molar-refractivity contribution in [3.63, 3.8) is 0 Å². The first-order valence-corrected chi connectivity index (χ1v) is 12.3. The highest BCUT2D eigenvalue weighted by Crippen LogP contribution is 2.46. The largest absolute Gasteiger partial charge is 0.491 e. The average molecular weight is 495 g/mol. The summed E-state index contributed by atoms with van der Waals surface area (Å²) in [5.74, 6) is -0.155. The SMILES string of the molecule is N#CC1CC2C(=O)N(CCOc3ccc(Cl)cc3-c3cc(C(=O)O)ccc3C3CC3)CNC2CN1. The molecule has 2 heterocycles. The van der Waals surface area contributed by atoms with Crippen LogP contribution < -0.4 is 15.4 Å². The lowest BCUT2D eigenvalue weighted by molar-refractivity contribution is -0.142. The molecule has 1 aliphatic carbocycles. The van der Waals surface area contributed by atoms with E-state index in [2.05, 4.69) is 16.7 Å². The Morgan fingerprint density at radius 1 is 1.20 bits per heavy atom. The smallest absolute Gasteiger partial charge is 0.335 e. The number of benzene rings is 2. The number of carbonyl (C=O) groups excluding carboxylic acids is 1. The van der Waals surface area contributed by atoms with E-state index in [1.807, 2.05) is 6.07 Å². The zero-order chi connectivity index (χ0) is 24.5. The van der Waals surface area contributed by atoms with E-state index in [-0.39, 0.29) is 36.1 Å². The van der Waals surface area contributed by atoms with Crippen molar-refractivity contribution < 1.29 is 19.4 Å². The maximum Gasteiger partial charge on any atom is 0.335 e. The van der Waals surface area contributed by atoms with Crippen LogP contribution in [0.1, 0.15) is 41.1 Å². The van der Waals surface area contributed by atoms with Crippen LogP contribution in [0.25, 0.3) is 11.1 Å². The van der Waals surface area contributed by atoms with Crippen LogP contribution in [-0.4, -0.2) is 60.3 Å². The van der Waals surface area contributed by atoms with E-state index in [1.165, 1.54) is 0 Å². The van der Waals surface area contributed by atoms with E-state index in [9.17, 15) is 20.0 Å². The number of carboxylic acids is 1. The van der Waals surface area contributed by atoms with Gasteiger partial charge in [-0.05, 0) is 66.6 Å². The van der Waals surface area contributed by atoms with E-state index < -0.39 is 5.97 Å². The molecule has 182 valence electrons. The van der Waals surface area contributed by atoms with Gasteiger partial charge in [0.25, 0.3) is 0 Å². The summed E-state index contributed by atoms with van der Waals surface area (Å²) < 4.78 is 6.14. The number of carboxylic acid groups (broad SMARTS) is 1. The summed E-state index contributed by atoms with van der Waals surface area (Å²) >= 11 is 6.32. The van der Waals surface area contributed by atoms with Gasteiger partial charge < -0.3 is 20.1 Å². The molecule has 2 saturated heterocycles. The van der Waals surface area contributed by atoms with Crippen molar-refractivity contribution in [2.75, 3.05) is 26.4 Å². The van der Waals surface area contributed by atoms with Gasteiger partial charge >= 0.3 is 5.97 Å². The minimum absolute atomic E-state index is 0.0366. The third kappa shape index (κ3) is 4.98. The Hall–Kier alpha value is -3.12. The van der Waals surface area contributed by atoms with Crippen molar-refractivity contribution in [1.82, 2.24) is 15.5 Å². The van der Waals surface area contributed by atoms with E-state index >= 15 is 0 Å². The lowest BCUT2D eigenvalue weighted by atomic mass is 9.86. The molecule has 9 heteroatoms. The number of carbonyl (C=O) groups is 2. The molecule has 1 amide bonds. The molecule has 0 spiro atoms. The van der Waals surface area contributed by atoms with E-state index in [1.54, 1.807) is 35.2 Å². The van der Waals surface area contributed by atoms with E-state index in [0.717, 1.165) is 29.5 Å². The fourth-order valence-electron chi connectivity index (χ4n) is 5.01. The second kappa shape index (κ2) is 9.86. The van der Waals surface area contributed by atoms with Crippen molar-refractivity contribution in [3.8, 4) is 22.9 Å². The van der Waals surface area contributed by atoms with E-state index in [0.29, 0.717) is 42.9 Å². The molecule has 2 aromatic carbocycles. The van der Waals surface area contributed by atoms with Gasteiger partial charge in [-0.25, -0.2) is 4.79 Å². The molecule has 2 aromatic rings. The molecule has 3 atom stereocenters. The summed E-state index contributed by atoms with van der Waals surface area (Å²) in [5, 5.41) is 25.8. The lowest BCUT2D eigenvalue weighted by Crippen LogP contribution is -2.64. The zero-order valence-electron chi connectivity index (χ0n) is 19.2. The van der Waals surface area contributed by atoms with Crippen molar-refractivity contribution in [1.29, 1.82) is 5.26 Å². The first-order valence-electron chi connectivity index (χ1n) is 11.9. The fourth-order valence-corrected chi connectivity index (χ4v) is 5.18. The number of nitrogens with zero attached hydrogens (tertiary/aromatic N) is 2. The number of fused-ring (bicyclic) bond motifs is 1. The lowest BCUT2D eigenvalue weighted by Gasteiger charge is -2.42. The molecule has 0 radical (unpaired) electrons. The van der Waals surface area contributed by atoms with Gasteiger partial charge in [-0.1, -0.05) is 17.7 Å². The number of nitrogens with one attached hydrogen (secondary N) is 2. The number of nitriles is 1. The molecular formula is C26H27ClN4O4. The number of rotatable bonds is 7. The summed E-state index contributed by atoms with van der Waals surface area (Å²) in [6, 6.07) is 12.5. The molecule has 2 aliphatic heterocycles. The summed E-state index contributed by atoms with van der Waals surface area (Å²) in [6.45, 7) is 1.71. The number of halogens is 1. The van der Waals surface area contributed by atoms with Crippen LogP contribution in [0.5, 0.6) is 5.75 Å². The molecule has 5 rings (SSSR count). The monoisotopic (exact) mass is 494 g/mol. The Morgan fingerprint density at radius 2 is 2.03 bits per heavy atom. The van der Waals surface area contributed by atoms with Gasteiger partial charge in [0.15, 0.2) is 0 Å². The molecule has 0 aromatic heterocycles. The standard InChI is InChI=1S/C26H27ClN4O4/c27-17-4-6-24(21(10-17)20-9-16(26(33)34)3-5-19(20)15-1-2-15)35-8-7-31-14-30-23-13-29-18(12-28)11-22(23)25(31)32/h3-6,9-10,15,18,22-23,29-30H,1-2,7-8,11,13-14H2,(H,33,34). The van der Waals surface area contributed by atoms with Crippen LogP contribution in [0.15, 0.2) is 36.4 Å². The molecule has 0 bridgehead atoms. The molecule has 1 saturated carbocycles. The molecule has 3 aliphatic rings. The number of amides is 1. The number of piperidine rings is 1. The topological polar surface area (TPSA) is 115 Å². The Kier molecular flexibility index (Phi) is 6.65. The van der Waals surface area contributed by atoms with Crippen LogP contribution >= 0.6 is 11.6 Å². The van der Waals surface area contributed by atoms with Crippen molar-refractivity contribution in [2.45, 2.75) is 37.3 Å². The summed E-state index contributed by atoms with van der Waals surface area (Å²) in [7, 11) is 0. The summed E-state index contributed by atoms with van der Waals surface area (Å²) in [5.41, 5.74) is 2.88. The molecule has 3 fully saturated rings. The van der Waals surface area contributed by atoms with Gasteiger partial charge in [0.2, 0.25) is 5.91 Å². The van der Waals surface area contributed by atoms with Crippen LogP contribution in [0.2, 0.25) is 5.02 Å². The summed E-state index contributed by atoms with van der Waals surface area (Å²) in [6.07, 6.45) is 2.64. The minimum atomic E-state index is -0.982. The van der Waals surface area contributed by atoms with Gasteiger partial charge in [0.05, 0.1) is 36.8 Å². The Morgan fingerprint density at radius 3 is 2.77 bits per heavy atom. The van der Waals surface area contributed by atoms with E-state index in [4.69, 9.17) is 16.3 Å². The van der Waals surface area contributed by atoms with Gasteiger partial charge in [-0.2, -0.15) is 5.26 Å². The first-order chi connectivity index (χ1) is 16.9. The van der Waals surface area contributed by atoms with Gasteiger partial charge in [-0.15, -0.1) is 0 Å². The quantitative estimate of drug-likeness (QED) is 0.541. The van der Waals surface area contributed by atoms with Crippen molar-refractivity contribution in [2.24, 2.45) is 5.92 Å². The minimum Gasteiger partial charge on any atom is -0.491 e. The van der Waals surface area contributed by atoms with Gasteiger partial charge in [0.1, 0.15) is 12.4 Å². The second-order valence-corrected chi connectivity index (χ2v) is 9.81. The molecular weight excluding hydrogens is 468 g/mol. The Bertz CT molecular complexity index is 1190. The van der Waals surface area contributed by atoms with Crippen molar-refractivity contribution >= 4 is 23.5 Å². The third-order valence-electron chi connectivity index (χ3n) is 7.06. The molecule has 3 unspecified atom stereocenters. The third-order valence-corrected chi connectivity index (χ3v) is 7.29. The Balaban J connectivity index is 1.32. The Labute approximate surface area is 208 Å². The van der Waals surface area contributed by atoms with Gasteiger partial charge in [0, 0.05) is 23.2 Å². The number of hydrogen-bond donors (Lipinski definition) is 3. The predicted molar refractivity (Wildman–Crippen MR) is 130 cm³/mol. The maximum absolute atomic E-state index is 13.0. The summed E-state index contributed by atoms with van der Waals surface area (Å²) in [4.78, 5) is 26.4. The van der Waals surface area contributed by atoms with Gasteiger partial charge in [-0.3, -0.25) is 10.1 Å². The molecule has 35 heavy (non-hydrogen) atoms. The first kappa shape index (κ1) is 23.6. The number of aromatic carboxylic acids is 1. The normalized spacial score (nSPS) is 23.9. The number of hydrogen-bond acceptors (Lipinski definition) is 6. The van der Waals surface area contributed by atoms with Crippen LogP contribution in [0, 0.1) is 17.2 Å². The highest BCUT2D eigenvalue weighted by Gasteiger charge is 2.40. The average Bonchev–Trinajstić information content (AvgIpc) is 3.71. The van der Waals surface area contributed by atoms with Crippen LogP contribution in [0.4, 0.5) is 0 Å². The fraction of sp³-hybridized carbons (Fsp3) is 0.423. The van der Waals surface area contributed by atoms with Crippen molar-refractivity contribution in [3.05, 3.63) is 52.5 Å². The molecule has 3 N–H and O–H groups in total. The zero-order valence-corrected chi connectivity index (χ0v) is 19.9. The highest BCUT2D eigenvalue weighted by molar-refractivity contribution is 6.31. The predicted octanol–water partition coefficient (Wildman–Crippen LogP) is 3.22. The highest BCUT2D eigenvalue weighted by atomic mass is 35.5. The second-order valence-electron chi connectivity index (χ2n) is 9.37. The van der Waals surface area contributed by atoms with Crippen LogP contribution in [0.3, 0.4) is 0 Å². The molecule has 8 nitrogen and oxygen atoms in total. The van der Waals surface area contributed by atoms with Crippen LogP contribution in [-0.2, 0) is 4.79 Å². The maximum atomic E-state index is 13.0.